The van der Waals surface area contributed by atoms with Gasteiger partial charge in [-0.15, -0.1) is 0 Å². The van der Waals surface area contributed by atoms with E-state index >= 15 is 0 Å². The highest BCUT2D eigenvalue weighted by molar-refractivity contribution is 5.61. The lowest BCUT2D eigenvalue weighted by Crippen LogP contribution is -2.31. The van der Waals surface area contributed by atoms with Gasteiger partial charge in [-0.25, -0.2) is 4.68 Å². The maximum atomic E-state index is 11.2. The molecular formula is C12H22N4O2. The minimum Gasteiger partial charge on any atom is -0.360 e. The molecule has 18 heavy (non-hydrogen) atoms. The van der Waals surface area contributed by atoms with Crippen LogP contribution in [-0.2, 0) is 7.05 Å². The highest BCUT2D eigenvalue weighted by atomic mass is 16.6. The number of aromatic nitrogens is 2. The lowest BCUT2D eigenvalue weighted by atomic mass is 10.0. The van der Waals surface area contributed by atoms with Gasteiger partial charge < -0.3 is 5.32 Å². The Labute approximate surface area is 108 Å². The molecule has 0 bridgehead atoms. The van der Waals surface area contributed by atoms with E-state index in [9.17, 15) is 10.1 Å². The van der Waals surface area contributed by atoms with Gasteiger partial charge >= 0.3 is 5.69 Å². The van der Waals surface area contributed by atoms with Crippen molar-refractivity contribution in [3.05, 3.63) is 15.8 Å². The molecule has 0 saturated carbocycles. The monoisotopic (exact) mass is 254 g/mol. The van der Waals surface area contributed by atoms with E-state index in [4.69, 9.17) is 0 Å². The SMILES string of the molecule is CCC(C)(C)Nc1c([N+](=O)[O-])c(C(C)C)nn1C. The molecule has 0 radical (unpaired) electrons. The Kier molecular flexibility index (Phi) is 3.98. The maximum Gasteiger partial charge on any atom is 0.334 e. The number of rotatable bonds is 5. The highest BCUT2D eigenvalue weighted by Gasteiger charge is 2.31. The molecule has 102 valence electrons. The van der Waals surface area contributed by atoms with Gasteiger partial charge in [-0.2, -0.15) is 5.10 Å². The van der Waals surface area contributed by atoms with E-state index in [1.54, 1.807) is 11.7 Å². The van der Waals surface area contributed by atoms with E-state index in [0.717, 1.165) is 6.42 Å². The van der Waals surface area contributed by atoms with Crippen LogP contribution >= 0.6 is 0 Å². The Morgan fingerprint density at radius 2 is 2.06 bits per heavy atom. The van der Waals surface area contributed by atoms with Gasteiger partial charge in [0.1, 0.15) is 5.69 Å². The first-order valence-electron chi connectivity index (χ1n) is 6.19. The van der Waals surface area contributed by atoms with Gasteiger partial charge in [0, 0.05) is 18.5 Å². The Morgan fingerprint density at radius 1 is 1.50 bits per heavy atom. The second-order valence-electron chi connectivity index (χ2n) is 5.48. The fourth-order valence-corrected chi connectivity index (χ4v) is 1.65. The van der Waals surface area contributed by atoms with Gasteiger partial charge in [0.15, 0.2) is 0 Å². The molecule has 0 unspecified atom stereocenters. The second-order valence-corrected chi connectivity index (χ2v) is 5.48. The lowest BCUT2D eigenvalue weighted by molar-refractivity contribution is -0.384. The van der Waals surface area contributed by atoms with Crippen LogP contribution in [-0.4, -0.2) is 20.2 Å². The molecule has 0 aliphatic heterocycles. The Hall–Kier alpha value is -1.59. The molecule has 1 heterocycles. The van der Waals surface area contributed by atoms with E-state index in [0.29, 0.717) is 11.5 Å². The molecule has 1 aromatic heterocycles. The summed E-state index contributed by atoms with van der Waals surface area (Å²) in [5, 5.41) is 18.7. The van der Waals surface area contributed by atoms with Gasteiger partial charge in [-0.05, 0) is 20.3 Å². The van der Waals surface area contributed by atoms with Crippen molar-refractivity contribution in [2.45, 2.75) is 52.5 Å². The minimum atomic E-state index is -0.351. The Morgan fingerprint density at radius 3 is 2.44 bits per heavy atom. The van der Waals surface area contributed by atoms with Crippen LogP contribution in [0.3, 0.4) is 0 Å². The van der Waals surface area contributed by atoms with Crippen molar-refractivity contribution in [1.29, 1.82) is 0 Å². The summed E-state index contributed by atoms with van der Waals surface area (Å²) in [6, 6.07) is 0. The first kappa shape index (κ1) is 14.5. The fraction of sp³-hybridized carbons (Fsp3) is 0.750. The van der Waals surface area contributed by atoms with E-state index in [-0.39, 0.29) is 22.1 Å². The predicted molar refractivity (Wildman–Crippen MR) is 71.9 cm³/mol. The van der Waals surface area contributed by atoms with Crippen LogP contribution in [0.15, 0.2) is 0 Å². The van der Waals surface area contributed by atoms with Crippen LogP contribution in [0.5, 0.6) is 0 Å². The third kappa shape index (κ3) is 2.80. The normalized spacial score (nSPS) is 11.9. The number of aryl methyl sites for hydroxylation is 1. The minimum absolute atomic E-state index is 0.0249. The number of nitrogens with one attached hydrogen (secondary N) is 1. The Bertz CT molecular complexity index is 449. The van der Waals surface area contributed by atoms with E-state index < -0.39 is 0 Å². The molecule has 1 rings (SSSR count). The zero-order valence-electron chi connectivity index (χ0n) is 11.9. The van der Waals surface area contributed by atoms with E-state index in [2.05, 4.69) is 10.4 Å². The number of anilines is 1. The average Bonchev–Trinajstić information content (AvgIpc) is 2.56. The molecule has 0 atom stereocenters. The van der Waals surface area contributed by atoms with Crippen molar-refractivity contribution >= 4 is 11.5 Å². The van der Waals surface area contributed by atoms with Gasteiger partial charge in [-0.1, -0.05) is 20.8 Å². The van der Waals surface area contributed by atoms with Crippen LogP contribution < -0.4 is 5.32 Å². The van der Waals surface area contributed by atoms with Gasteiger partial charge in [0.2, 0.25) is 5.82 Å². The second kappa shape index (κ2) is 4.96. The molecule has 0 aliphatic rings. The smallest absolute Gasteiger partial charge is 0.334 e. The molecule has 0 amide bonds. The van der Waals surface area contributed by atoms with Crippen molar-refractivity contribution in [2.24, 2.45) is 7.05 Å². The zero-order valence-corrected chi connectivity index (χ0v) is 11.9. The number of hydrogen-bond acceptors (Lipinski definition) is 4. The fourth-order valence-electron chi connectivity index (χ4n) is 1.65. The highest BCUT2D eigenvalue weighted by Crippen LogP contribution is 2.34. The molecule has 0 aliphatic carbocycles. The molecule has 0 spiro atoms. The summed E-state index contributed by atoms with van der Waals surface area (Å²) in [5.41, 5.74) is 0.415. The predicted octanol–water partition coefficient (Wildman–Crippen LogP) is 3.05. The molecule has 6 nitrogen and oxygen atoms in total. The lowest BCUT2D eigenvalue weighted by Gasteiger charge is -2.25. The molecular weight excluding hydrogens is 232 g/mol. The molecule has 0 fully saturated rings. The third-order valence-corrected chi connectivity index (χ3v) is 3.12. The molecule has 0 aromatic carbocycles. The van der Waals surface area contributed by atoms with Crippen LogP contribution in [0.4, 0.5) is 11.5 Å². The maximum absolute atomic E-state index is 11.2. The van der Waals surface area contributed by atoms with E-state index in [1.165, 1.54) is 0 Å². The summed E-state index contributed by atoms with van der Waals surface area (Å²) < 4.78 is 1.56. The summed E-state index contributed by atoms with van der Waals surface area (Å²) in [4.78, 5) is 10.9. The number of hydrogen-bond donors (Lipinski definition) is 1. The average molecular weight is 254 g/mol. The largest absolute Gasteiger partial charge is 0.360 e. The van der Waals surface area contributed by atoms with Crippen LogP contribution in [0.1, 0.15) is 52.7 Å². The molecule has 1 N–H and O–H groups in total. The van der Waals surface area contributed by atoms with Gasteiger partial charge in [0.25, 0.3) is 0 Å². The van der Waals surface area contributed by atoms with Crippen molar-refractivity contribution in [3.63, 3.8) is 0 Å². The van der Waals surface area contributed by atoms with Crippen molar-refractivity contribution in [2.75, 3.05) is 5.32 Å². The van der Waals surface area contributed by atoms with E-state index in [1.807, 2.05) is 34.6 Å². The van der Waals surface area contributed by atoms with Gasteiger partial charge in [-0.3, -0.25) is 10.1 Å². The number of nitrogens with zero attached hydrogens (tertiary/aromatic N) is 3. The molecule has 1 aromatic rings. The quantitative estimate of drug-likeness (QED) is 0.647. The summed E-state index contributed by atoms with van der Waals surface area (Å²) in [6.07, 6.45) is 0.867. The summed E-state index contributed by atoms with van der Waals surface area (Å²) >= 11 is 0. The summed E-state index contributed by atoms with van der Waals surface area (Å²) in [5.74, 6) is 0.507. The van der Waals surface area contributed by atoms with Crippen molar-refractivity contribution in [3.8, 4) is 0 Å². The summed E-state index contributed by atoms with van der Waals surface area (Å²) in [7, 11) is 1.73. The zero-order chi connectivity index (χ0) is 14.1. The van der Waals surface area contributed by atoms with Crippen LogP contribution in [0.25, 0.3) is 0 Å². The van der Waals surface area contributed by atoms with Crippen molar-refractivity contribution in [1.82, 2.24) is 9.78 Å². The Balaban J connectivity index is 3.30. The first-order chi connectivity index (χ1) is 8.19. The van der Waals surface area contributed by atoms with Gasteiger partial charge in [0.05, 0.1) is 4.92 Å². The molecule has 0 saturated heterocycles. The van der Waals surface area contributed by atoms with Crippen LogP contribution in [0, 0.1) is 10.1 Å². The molecule has 6 heteroatoms. The number of nitro groups is 1. The summed E-state index contributed by atoms with van der Waals surface area (Å²) in [6.45, 7) is 9.88. The first-order valence-corrected chi connectivity index (χ1v) is 6.19. The van der Waals surface area contributed by atoms with Crippen molar-refractivity contribution < 1.29 is 4.92 Å². The van der Waals surface area contributed by atoms with Crippen LogP contribution in [0.2, 0.25) is 0 Å². The topological polar surface area (TPSA) is 73.0 Å². The third-order valence-electron chi connectivity index (χ3n) is 3.12. The standard InChI is InChI=1S/C12H22N4O2/c1-7-12(4,5)13-11-10(16(17)18)9(8(2)3)14-15(11)6/h8,13H,7H2,1-6H3.